The molecule has 1 aromatic carbocycles. The maximum absolute atomic E-state index is 12.7. The van der Waals surface area contributed by atoms with E-state index >= 15 is 0 Å². The minimum absolute atomic E-state index is 0.0828. The summed E-state index contributed by atoms with van der Waals surface area (Å²) in [7, 11) is 0. The lowest BCUT2D eigenvalue weighted by Crippen LogP contribution is -2.36. The van der Waals surface area contributed by atoms with Gasteiger partial charge in [-0.1, -0.05) is 32.0 Å². The molecule has 2 rings (SSSR count). The summed E-state index contributed by atoms with van der Waals surface area (Å²) >= 11 is 0. The summed E-state index contributed by atoms with van der Waals surface area (Å²) in [5.74, 6) is -0.201. The average Bonchev–Trinajstić information content (AvgIpc) is 2.70. The zero-order valence-electron chi connectivity index (χ0n) is 12.3. The summed E-state index contributed by atoms with van der Waals surface area (Å²) in [5.41, 5.74) is 6.89. The maximum atomic E-state index is 12.7. The van der Waals surface area contributed by atoms with E-state index in [1.54, 1.807) is 6.07 Å². The summed E-state index contributed by atoms with van der Waals surface area (Å²) in [6.07, 6.45) is 1.67. The number of nitrogens with zero attached hydrogens (tertiary/aromatic N) is 1. The van der Waals surface area contributed by atoms with Crippen LogP contribution in [0.15, 0.2) is 24.3 Å². The van der Waals surface area contributed by atoms with Gasteiger partial charge in [0.2, 0.25) is 11.8 Å². The van der Waals surface area contributed by atoms with Crippen molar-refractivity contribution >= 4 is 17.5 Å². The first-order valence-electron chi connectivity index (χ1n) is 7.18. The summed E-state index contributed by atoms with van der Waals surface area (Å²) < 4.78 is 0. The largest absolute Gasteiger partial charge is 0.324 e. The number of para-hydroxylation sites is 1. The van der Waals surface area contributed by atoms with Crippen molar-refractivity contribution in [2.45, 2.75) is 46.1 Å². The van der Waals surface area contributed by atoms with Crippen LogP contribution in [0.4, 0.5) is 5.69 Å². The molecule has 1 atom stereocenters. The van der Waals surface area contributed by atoms with Crippen molar-refractivity contribution in [2.75, 3.05) is 4.90 Å². The zero-order valence-corrected chi connectivity index (χ0v) is 12.3. The quantitative estimate of drug-likeness (QED) is 0.859. The van der Waals surface area contributed by atoms with Crippen molar-refractivity contribution in [3.63, 3.8) is 0 Å². The third kappa shape index (κ3) is 2.14. The van der Waals surface area contributed by atoms with E-state index in [0.29, 0.717) is 24.9 Å². The number of hydrogen-bond donors (Lipinski definition) is 1. The van der Waals surface area contributed by atoms with Crippen LogP contribution in [0.5, 0.6) is 0 Å². The molecule has 20 heavy (non-hydrogen) atoms. The number of anilines is 1. The molecule has 1 fully saturated rings. The normalized spacial score (nSPS) is 19.5. The Labute approximate surface area is 119 Å². The van der Waals surface area contributed by atoms with Gasteiger partial charge >= 0.3 is 0 Å². The fourth-order valence-electron chi connectivity index (χ4n) is 2.92. The highest BCUT2D eigenvalue weighted by molar-refractivity contribution is 6.22. The highest BCUT2D eigenvalue weighted by Crippen LogP contribution is 2.42. The van der Waals surface area contributed by atoms with Crippen LogP contribution in [0.3, 0.4) is 0 Å². The topological polar surface area (TPSA) is 63.4 Å². The Hall–Kier alpha value is -1.68. The van der Waals surface area contributed by atoms with E-state index < -0.39 is 5.41 Å². The smallest absolute Gasteiger partial charge is 0.240 e. The van der Waals surface area contributed by atoms with Crippen LogP contribution < -0.4 is 10.6 Å². The fraction of sp³-hybridized carbons (Fsp3) is 0.500. The highest BCUT2D eigenvalue weighted by Gasteiger charge is 2.50. The van der Waals surface area contributed by atoms with Gasteiger partial charge in [0, 0.05) is 12.5 Å². The zero-order chi connectivity index (χ0) is 14.9. The van der Waals surface area contributed by atoms with E-state index in [1.807, 2.05) is 39.0 Å². The molecule has 1 heterocycles. The van der Waals surface area contributed by atoms with Gasteiger partial charge in [0.15, 0.2) is 0 Å². The van der Waals surface area contributed by atoms with E-state index in [9.17, 15) is 9.59 Å². The molecule has 0 bridgehead atoms. The van der Waals surface area contributed by atoms with Crippen LogP contribution in [0.1, 0.15) is 51.6 Å². The van der Waals surface area contributed by atoms with E-state index in [2.05, 4.69) is 0 Å². The second-order valence-corrected chi connectivity index (χ2v) is 5.55. The monoisotopic (exact) mass is 274 g/mol. The maximum Gasteiger partial charge on any atom is 0.240 e. The van der Waals surface area contributed by atoms with Crippen LogP contribution in [0.25, 0.3) is 0 Å². The Balaban J connectivity index is 2.49. The van der Waals surface area contributed by atoms with Gasteiger partial charge in [0.25, 0.3) is 0 Å². The van der Waals surface area contributed by atoms with Gasteiger partial charge in [-0.2, -0.15) is 0 Å². The Kier molecular flexibility index (Phi) is 3.95. The Bertz CT molecular complexity index is 533. The lowest BCUT2D eigenvalue weighted by atomic mass is 9.81. The molecule has 4 nitrogen and oxygen atoms in total. The van der Waals surface area contributed by atoms with Crippen molar-refractivity contribution in [3.8, 4) is 0 Å². The number of nitrogens with two attached hydrogens (primary N) is 1. The summed E-state index contributed by atoms with van der Waals surface area (Å²) in [6, 6.07) is 7.17. The van der Waals surface area contributed by atoms with E-state index in [0.717, 1.165) is 5.56 Å². The molecule has 1 saturated heterocycles. The first-order chi connectivity index (χ1) is 9.46. The van der Waals surface area contributed by atoms with Crippen LogP contribution in [0, 0.1) is 5.41 Å². The van der Waals surface area contributed by atoms with Crippen molar-refractivity contribution in [1.82, 2.24) is 0 Å². The molecular formula is C16H22N2O2. The predicted molar refractivity (Wildman–Crippen MR) is 79.2 cm³/mol. The minimum atomic E-state index is -0.540. The molecule has 4 heteroatoms. The predicted octanol–water partition coefficient (Wildman–Crippen LogP) is 2.78. The summed E-state index contributed by atoms with van der Waals surface area (Å²) in [5, 5.41) is 0. The third-order valence-electron chi connectivity index (χ3n) is 4.42. The number of benzene rings is 1. The summed E-state index contributed by atoms with van der Waals surface area (Å²) in [6.45, 7) is 5.79. The van der Waals surface area contributed by atoms with Gasteiger partial charge in [0.05, 0.1) is 11.1 Å². The SMILES string of the molecule is CCC1(CC)CC(=O)N(c2ccccc2C(C)N)C1=O. The van der Waals surface area contributed by atoms with Crippen LogP contribution >= 0.6 is 0 Å². The van der Waals surface area contributed by atoms with Crippen LogP contribution in [0.2, 0.25) is 0 Å². The van der Waals surface area contributed by atoms with Gasteiger partial charge < -0.3 is 5.73 Å². The number of carbonyl (C=O) groups is 2. The van der Waals surface area contributed by atoms with Crippen molar-refractivity contribution < 1.29 is 9.59 Å². The molecule has 1 aliphatic rings. The molecule has 1 aliphatic heterocycles. The van der Waals surface area contributed by atoms with Gasteiger partial charge in [-0.25, -0.2) is 4.90 Å². The first-order valence-corrected chi connectivity index (χ1v) is 7.18. The van der Waals surface area contributed by atoms with Crippen molar-refractivity contribution in [3.05, 3.63) is 29.8 Å². The average molecular weight is 274 g/mol. The number of carbonyl (C=O) groups excluding carboxylic acids is 2. The number of rotatable bonds is 4. The molecule has 1 aromatic rings. The first kappa shape index (κ1) is 14.7. The van der Waals surface area contributed by atoms with E-state index in [4.69, 9.17) is 5.73 Å². The Morgan fingerprint density at radius 2 is 1.85 bits per heavy atom. The number of hydrogen-bond acceptors (Lipinski definition) is 3. The molecule has 2 N–H and O–H groups in total. The molecule has 2 amide bonds. The lowest BCUT2D eigenvalue weighted by Gasteiger charge is -2.25. The number of amides is 2. The standard InChI is InChI=1S/C16H22N2O2/c1-4-16(5-2)10-14(19)18(15(16)20)13-9-7-6-8-12(13)11(3)17/h6-9,11H,4-5,10,17H2,1-3H3. The minimum Gasteiger partial charge on any atom is -0.324 e. The lowest BCUT2D eigenvalue weighted by molar-refractivity contribution is -0.126. The number of imide groups is 1. The summed E-state index contributed by atoms with van der Waals surface area (Å²) in [4.78, 5) is 26.4. The van der Waals surface area contributed by atoms with Gasteiger partial charge in [-0.05, 0) is 31.4 Å². The van der Waals surface area contributed by atoms with Crippen LogP contribution in [-0.4, -0.2) is 11.8 Å². The third-order valence-corrected chi connectivity index (χ3v) is 4.42. The molecule has 0 saturated carbocycles. The molecule has 0 aliphatic carbocycles. The van der Waals surface area contributed by atoms with Gasteiger partial charge in [-0.3, -0.25) is 9.59 Å². The van der Waals surface area contributed by atoms with E-state index in [-0.39, 0.29) is 17.9 Å². The molecule has 108 valence electrons. The second kappa shape index (κ2) is 5.37. The Morgan fingerprint density at radius 1 is 1.25 bits per heavy atom. The van der Waals surface area contributed by atoms with Crippen molar-refractivity contribution in [2.24, 2.45) is 11.1 Å². The second-order valence-electron chi connectivity index (χ2n) is 5.55. The van der Waals surface area contributed by atoms with E-state index in [1.165, 1.54) is 4.90 Å². The van der Waals surface area contributed by atoms with Gasteiger partial charge in [0.1, 0.15) is 0 Å². The highest BCUT2D eigenvalue weighted by atomic mass is 16.2. The fourth-order valence-corrected chi connectivity index (χ4v) is 2.92. The van der Waals surface area contributed by atoms with Crippen LogP contribution in [-0.2, 0) is 9.59 Å². The Morgan fingerprint density at radius 3 is 2.35 bits per heavy atom. The molecule has 1 unspecified atom stereocenters. The molecule has 0 aromatic heterocycles. The molecular weight excluding hydrogens is 252 g/mol. The van der Waals surface area contributed by atoms with Crippen molar-refractivity contribution in [1.29, 1.82) is 0 Å². The molecule has 0 radical (unpaired) electrons. The van der Waals surface area contributed by atoms with Gasteiger partial charge in [-0.15, -0.1) is 0 Å². The molecule has 0 spiro atoms.